The average molecular weight is 428 g/mol. The van der Waals surface area contributed by atoms with Crippen LogP contribution in [0.2, 0.25) is 0 Å². The third-order valence-corrected chi connectivity index (χ3v) is 5.61. The highest BCUT2D eigenvalue weighted by molar-refractivity contribution is 5.91. The number of amides is 1. The summed E-state index contributed by atoms with van der Waals surface area (Å²) in [6.07, 6.45) is 0. The van der Waals surface area contributed by atoms with Gasteiger partial charge >= 0.3 is 5.69 Å². The number of carbonyl (C=O) groups excluding carboxylic acids is 1. The van der Waals surface area contributed by atoms with Crippen LogP contribution in [0.4, 0.5) is 5.69 Å². The van der Waals surface area contributed by atoms with Crippen molar-refractivity contribution in [3.63, 3.8) is 0 Å². The van der Waals surface area contributed by atoms with Crippen molar-refractivity contribution in [1.29, 1.82) is 0 Å². The molecule has 2 heterocycles. The van der Waals surface area contributed by atoms with Crippen molar-refractivity contribution < 1.29 is 4.79 Å². The third kappa shape index (κ3) is 3.73. The molecule has 0 bridgehead atoms. The largest absolute Gasteiger partial charge is 0.337 e. The fourth-order valence-electron chi connectivity index (χ4n) is 3.85. The molecule has 0 saturated carbocycles. The molecule has 1 amide bonds. The molecule has 0 fully saturated rings. The van der Waals surface area contributed by atoms with E-state index >= 15 is 0 Å². The maximum Gasteiger partial charge on any atom is 0.337 e. The summed E-state index contributed by atoms with van der Waals surface area (Å²) in [4.78, 5) is 44.1. The van der Waals surface area contributed by atoms with Gasteiger partial charge in [-0.1, -0.05) is 30.3 Å². The number of nitrogens with zero attached hydrogens (tertiary/aromatic N) is 3. The van der Waals surface area contributed by atoms with Gasteiger partial charge in [0.15, 0.2) is 5.65 Å². The van der Waals surface area contributed by atoms with Gasteiger partial charge in [0.25, 0.3) is 5.56 Å². The molecule has 0 spiro atoms. The van der Waals surface area contributed by atoms with Crippen LogP contribution in [0.15, 0.2) is 64.2 Å². The van der Waals surface area contributed by atoms with Crippen LogP contribution in [-0.4, -0.2) is 20.0 Å². The molecule has 0 aliphatic carbocycles. The lowest BCUT2D eigenvalue weighted by Crippen LogP contribution is -2.42. The van der Waals surface area contributed by atoms with Crippen molar-refractivity contribution in [2.45, 2.75) is 34.2 Å². The number of carbonyl (C=O) groups is 1. The Labute approximate surface area is 185 Å². The average Bonchev–Trinajstić information content (AvgIpc) is 2.75. The Kier molecular flexibility index (Phi) is 5.48. The van der Waals surface area contributed by atoms with Crippen LogP contribution in [0, 0.1) is 27.7 Å². The molecule has 0 radical (unpaired) electrons. The zero-order chi connectivity index (χ0) is 23.0. The van der Waals surface area contributed by atoms with E-state index in [-0.39, 0.29) is 5.65 Å². The van der Waals surface area contributed by atoms with Crippen LogP contribution in [0.1, 0.15) is 22.4 Å². The molecule has 0 unspecified atom stereocenters. The maximum atomic E-state index is 13.4. The van der Waals surface area contributed by atoms with E-state index < -0.39 is 23.7 Å². The summed E-state index contributed by atoms with van der Waals surface area (Å²) in [6, 6.07) is 16.4. The van der Waals surface area contributed by atoms with Gasteiger partial charge < -0.3 is 5.32 Å². The normalized spacial score (nSPS) is 11.0. The number of fused-ring (bicyclic) bond motifs is 1. The molecule has 0 aliphatic heterocycles. The lowest BCUT2D eigenvalue weighted by atomic mass is 10.1. The van der Waals surface area contributed by atoms with Gasteiger partial charge in [0.1, 0.15) is 6.54 Å². The summed E-state index contributed by atoms with van der Waals surface area (Å²) in [5.74, 6) is -0.449. The first-order chi connectivity index (χ1) is 15.3. The van der Waals surface area contributed by atoms with Crippen LogP contribution < -0.4 is 16.6 Å². The molecule has 32 heavy (non-hydrogen) atoms. The minimum Gasteiger partial charge on any atom is -0.324 e. The Bertz CT molecular complexity index is 1470. The van der Waals surface area contributed by atoms with E-state index in [1.165, 1.54) is 4.57 Å². The third-order valence-electron chi connectivity index (χ3n) is 5.61. The minimum atomic E-state index is -0.609. The molecule has 7 nitrogen and oxygen atoms in total. The van der Waals surface area contributed by atoms with E-state index in [9.17, 15) is 14.4 Å². The summed E-state index contributed by atoms with van der Waals surface area (Å²) >= 11 is 0. The van der Waals surface area contributed by atoms with Gasteiger partial charge in [-0.2, -0.15) is 0 Å². The Morgan fingerprint density at radius 1 is 0.938 bits per heavy atom. The van der Waals surface area contributed by atoms with Gasteiger partial charge in [-0.05, 0) is 68.7 Å². The highest BCUT2D eigenvalue weighted by Crippen LogP contribution is 2.19. The number of nitrogens with one attached hydrogen (secondary N) is 1. The first-order valence-corrected chi connectivity index (χ1v) is 10.3. The van der Waals surface area contributed by atoms with Gasteiger partial charge in [-0.15, -0.1) is 0 Å². The van der Waals surface area contributed by atoms with Gasteiger partial charge in [-0.25, -0.2) is 18.9 Å². The topological polar surface area (TPSA) is 86.0 Å². The van der Waals surface area contributed by atoms with E-state index in [1.54, 1.807) is 43.3 Å². The summed E-state index contributed by atoms with van der Waals surface area (Å²) in [7, 11) is 0. The maximum absolute atomic E-state index is 13.4. The predicted octanol–water partition coefficient (Wildman–Crippen LogP) is 3.42. The molecule has 4 rings (SSSR count). The molecular formula is C25H24N4O3. The summed E-state index contributed by atoms with van der Waals surface area (Å²) in [5.41, 5.74) is 3.74. The summed E-state index contributed by atoms with van der Waals surface area (Å²) < 4.78 is 2.36. The molecule has 0 saturated heterocycles. The number of hydrogen-bond acceptors (Lipinski definition) is 4. The van der Waals surface area contributed by atoms with Gasteiger partial charge in [-0.3, -0.25) is 9.59 Å². The van der Waals surface area contributed by atoms with E-state index in [0.29, 0.717) is 28.0 Å². The van der Waals surface area contributed by atoms with Crippen LogP contribution in [0.5, 0.6) is 0 Å². The number of hydrogen-bond donors (Lipinski definition) is 1. The quantitative estimate of drug-likeness (QED) is 0.540. The molecule has 0 aliphatic rings. The molecule has 0 atom stereocenters. The number of rotatable bonds is 4. The van der Waals surface area contributed by atoms with E-state index in [0.717, 1.165) is 15.7 Å². The van der Waals surface area contributed by atoms with Gasteiger partial charge in [0, 0.05) is 11.4 Å². The Balaban J connectivity index is 1.89. The second kappa shape index (κ2) is 8.26. The fourth-order valence-corrected chi connectivity index (χ4v) is 3.85. The number of benzene rings is 2. The summed E-state index contributed by atoms with van der Waals surface area (Å²) in [6.45, 7) is 7.08. The molecule has 2 aromatic carbocycles. The monoisotopic (exact) mass is 428 g/mol. The fraction of sp³-hybridized carbons (Fsp3) is 0.200. The van der Waals surface area contributed by atoms with Crippen molar-refractivity contribution in [3.05, 3.63) is 97.8 Å². The molecule has 7 heteroatoms. The number of anilines is 1. The van der Waals surface area contributed by atoms with Crippen LogP contribution in [-0.2, 0) is 11.3 Å². The number of aryl methyl sites for hydroxylation is 3. The second-order valence-corrected chi connectivity index (χ2v) is 7.92. The minimum absolute atomic E-state index is 0.287. The van der Waals surface area contributed by atoms with Gasteiger partial charge in [0.05, 0.1) is 11.1 Å². The Morgan fingerprint density at radius 3 is 2.38 bits per heavy atom. The van der Waals surface area contributed by atoms with Crippen molar-refractivity contribution >= 4 is 22.6 Å². The van der Waals surface area contributed by atoms with E-state index in [2.05, 4.69) is 10.3 Å². The molecule has 2 aromatic heterocycles. The van der Waals surface area contributed by atoms with E-state index in [4.69, 9.17) is 0 Å². The van der Waals surface area contributed by atoms with Gasteiger partial charge in [0.2, 0.25) is 5.91 Å². The highest BCUT2D eigenvalue weighted by atomic mass is 16.2. The molecular weight excluding hydrogens is 404 g/mol. The zero-order valence-electron chi connectivity index (χ0n) is 18.5. The predicted molar refractivity (Wildman–Crippen MR) is 126 cm³/mol. The number of para-hydroxylation sites is 1. The van der Waals surface area contributed by atoms with Crippen molar-refractivity contribution in [3.8, 4) is 5.69 Å². The second-order valence-electron chi connectivity index (χ2n) is 7.92. The standard InChI is InChI=1S/C25H24N4O3/c1-15-9-8-12-20(18(15)4)27-21(30)14-28-24(31)22-16(2)13-17(3)26-23(22)29(25(28)32)19-10-6-5-7-11-19/h5-13H,14H2,1-4H3,(H,27,30). The Hall–Kier alpha value is -4.00. The number of pyridine rings is 1. The van der Waals surface area contributed by atoms with Crippen LogP contribution in [0.25, 0.3) is 16.7 Å². The molecule has 1 N–H and O–H groups in total. The molecule has 162 valence electrons. The first-order valence-electron chi connectivity index (χ1n) is 10.3. The van der Waals surface area contributed by atoms with Crippen LogP contribution >= 0.6 is 0 Å². The van der Waals surface area contributed by atoms with Crippen LogP contribution in [0.3, 0.4) is 0 Å². The first kappa shape index (κ1) is 21.2. The molecule has 4 aromatic rings. The SMILES string of the molecule is Cc1cc(C)c2c(=O)n(CC(=O)Nc3cccc(C)c3C)c(=O)n(-c3ccccc3)c2n1. The smallest absolute Gasteiger partial charge is 0.324 e. The highest BCUT2D eigenvalue weighted by Gasteiger charge is 2.19. The zero-order valence-corrected chi connectivity index (χ0v) is 18.5. The lowest BCUT2D eigenvalue weighted by molar-refractivity contribution is -0.116. The van der Waals surface area contributed by atoms with Crippen molar-refractivity contribution in [2.75, 3.05) is 5.32 Å². The van der Waals surface area contributed by atoms with E-state index in [1.807, 2.05) is 39.0 Å². The summed E-state index contributed by atoms with van der Waals surface area (Å²) in [5, 5.41) is 3.14. The van der Waals surface area contributed by atoms with Crippen molar-refractivity contribution in [1.82, 2.24) is 14.1 Å². The van der Waals surface area contributed by atoms with Crippen molar-refractivity contribution in [2.24, 2.45) is 0 Å². The Morgan fingerprint density at radius 2 is 1.66 bits per heavy atom. The lowest BCUT2D eigenvalue weighted by Gasteiger charge is -2.16. The number of aromatic nitrogens is 3.